The topological polar surface area (TPSA) is 96.8 Å². The predicted octanol–water partition coefficient (Wildman–Crippen LogP) is 3.10. The maximum absolute atomic E-state index is 6.15. The Kier molecular flexibility index (Phi) is 4.79. The summed E-state index contributed by atoms with van der Waals surface area (Å²) in [5.74, 6) is 2.06. The highest BCUT2D eigenvalue weighted by atomic mass is 35.5. The Labute approximate surface area is 166 Å². The number of oxime groups is 1. The van der Waals surface area contributed by atoms with E-state index < -0.39 is 0 Å². The molecule has 0 spiro atoms. The van der Waals surface area contributed by atoms with E-state index >= 15 is 0 Å². The molecule has 0 atom stereocenters. The summed E-state index contributed by atoms with van der Waals surface area (Å²) in [6, 6.07) is 9.17. The zero-order valence-corrected chi connectivity index (χ0v) is 16.1. The maximum Gasteiger partial charge on any atom is 0.231 e. The third kappa shape index (κ3) is 3.59. The summed E-state index contributed by atoms with van der Waals surface area (Å²) >= 11 is 6.15. The lowest BCUT2D eigenvalue weighted by Gasteiger charge is -2.06. The van der Waals surface area contributed by atoms with E-state index in [0.29, 0.717) is 27.9 Å². The molecule has 2 N–H and O–H groups in total. The molecule has 0 bridgehead atoms. The number of ether oxygens (including phenoxy) is 2. The molecular formula is C19H18ClN5O3. The van der Waals surface area contributed by atoms with E-state index in [1.807, 2.05) is 32.0 Å². The molecule has 144 valence electrons. The highest BCUT2D eigenvalue weighted by Crippen LogP contribution is 2.39. The van der Waals surface area contributed by atoms with E-state index in [1.165, 1.54) is 0 Å². The molecule has 9 heteroatoms. The van der Waals surface area contributed by atoms with Crippen LogP contribution in [-0.4, -0.2) is 27.4 Å². The standard InChI is InChI=1S/C19H18ClN5O3/c1-11-5-12(2)25(23-11)17-4-3-14(8-22-17)19(21)24-28-9-13-6-15(20)18-16(7-13)26-10-27-18/h3-8H,9-10H2,1-2H3,(H2,21,24). The minimum absolute atomic E-state index is 0.158. The first kappa shape index (κ1) is 18.1. The van der Waals surface area contributed by atoms with Gasteiger partial charge in [-0.25, -0.2) is 9.67 Å². The van der Waals surface area contributed by atoms with Gasteiger partial charge in [0.1, 0.15) is 6.61 Å². The second-order valence-electron chi connectivity index (χ2n) is 6.31. The molecule has 0 fully saturated rings. The van der Waals surface area contributed by atoms with Crippen molar-refractivity contribution in [3.8, 4) is 17.3 Å². The van der Waals surface area contributed by atoms with Crippen LogP contribution in [0, 0.1) is 13.8 Å². The molecule has 0 radical (unpaired) electrons. The Hall–Kier alpha value is -3.26. The van der Waals surface area contributed by atoms with Crippen molar-refractivity contribution in [2.75, 3.05) is 6.79 Å². The number of pyridine rings is 1. The molecule has 28 heavy (non-hydrogen) atoms. The van der Waals surface area contributed by atoms with Crippen LogP contribution < -0.4 is 15.2 Å². The normalized spacial score (nSPS) is 13.0. The minimum Gasteiger partial charge on any atom is -0.454 e. The molecule has 2 aromatic heterocycles. The predicted molar refractivity (Wildman–Crippen MR) is 104 cm³/mol. The number of nitrogens with two attached hydrogens (primary N) is 1. The lowest BCUT2D eigenvalue weighted by atomic mass is 10.2. The van der Waals surface area contributed by atoms with Crippen LogP contribution in [0.15, 0.2) is 41.7 Å². The van der Waals surface area contributed by atoms with Crippen molar-refractivity contribution < 1.29 is 14.3 Å². The van der Waals surface area contributed by atoms with Crippen LogP contribution in [-0.2, 0) is 11.4 Å². The van der Waals surface area contributed by atoms with Crippen LogP contribution in [0.3, 0.4) is 0 Å². The van der Waals surface area contributed by atoms with Crippen molar-refractivity contribution in [1.82, 2.24) is 14.8 Å². The molecule has 0 amide bonds. The fourth-order valence-corrected chi connectivity index (χ4v) is 3.14. The fraction of sp³-hybridized carbons (Fsp3) is 0.211. The van der Waals surface area contributed by atoms with Gasteiger partial charge in [-0.3, -0.25) is 0 Å². The molecule has 1 aliphatic rings. The van der Waals surface area contributed by atoms with Gasteiger partial charge in [0.2, 0.25) is 6.79 Å². The first-order chi connectivity index (χ1) is 13.5. The monoisotopic (exact) mass is 399 g/mol. The van der Waals surface area contributed by atoms with E-state index in [0.717, 1.165) is 17.0 Å². The summed E-state index contributed by atoms with van der Waals surface area (Å²) in [5, 5.41) is 8.83. The summed E-state index contributed by atoms with van der Waals surface area (Å²) in [6.07, 6.45) is 1.63. The van der Waals surface area contributed by atoms with Gasteiger partial charge in [0.25, 0.3) is 0 Å². The second-order valence-corrected chi connectivity index (χ2v) is 6.71. The van der Waals surface area contributed by atoms with Gasteiger partial charge in [-0.1, -0.05) is 16.8 Å². The van der Waals surface area contributed by atoms with Gasteiger partial charge in [0, 0.05) is 17.5 Å². The third-order valence-corrected chi connectivity index (χ3v) is 4.43. The van der Waals surface area contributed by atoms with Crippen LogP contribution in [0.2, 0.25) is 5.02 Å². The molecule has 4 rings (SSSR count). The van der Waals surface area contributed by atoms with Crippen LogP contribution in [0.1, 0.15) is 22.5 Å². The first-order valence-electron chi connectivity index (χ1n) is 8.55. The molecule has 0 saturated heterocycles. The number of hydrogen-bond donors (Lipinski definition) is 1. The van der Waals surface area contributed by atoms with Crippen LogP contribution >= 0.6 is 11.6 Å². The number of rotatable bonds is 5. The van der Waals surface area contributed by atoms with Crippen molar-refractivity contribution >= 4 is 17.4 Å². The smallest absolute Gasteiger partial charge is 0.231 e. The molecule has 3 aromatic rings. The summed E-state index contributed by atoms with van der Waals surface area (Å²) in [7, 11) is 0. The van der Waals surface area contributed by atoms with Crippen molar-refractivity contribution in [1.29, 1.82) is 0 Å². The molecule has 3 heterocycles. The quantitative estimate of drug-likeness (QED) is 0.402. The number of benzene rings is 1. The Bertz CT molecular complexity index is 1050. The Morgan fingerprint density at radius 3 is 2.86 bits per heavy atom. The number of aromatic nitrogens is 3. The van der Waals surface area contributed by atoms with Gasteiger partial charge in [0.05, 0.1) is 10.7 Å². The van der Waals surface area contributed by atoms with Gasteiger partial charge in [-0.2, -0.15) is 5.10 Å². The molecular weight excluding hydrogens is 382 g/mol. The molecule has 1 aromatic carbocycles. The van der Waals surface area contributed by atoms with Crippen LogP contribution in [0.25, 0.3) is 5.82 Å². The van der Waals surface area contributed by atoms with E-state index in [1.54, 1.807) is 23.0 Å². The van der Waals surface area contributed by atoms with Crippen LogP contribution in [0.5, 0.6) is 11.5 Å². The fourth-order valence-electron chi connectivity index (χ4n) is 2.86. The number of hydrogen-bond acceptors (Lipinski definition) is 6. The van der Waals surface area contributed by atoms with Crippen molar-refractivity contribution in [2.24, 2.45) is 10.9 Å². The van der Waals surface area contributed by atoms with E-state index in [-0.39, 0.29) is 19.2 Å². The number of nitrogens with zero attached hydrogens (tertiary/aromatic N) is 4. The first-order valence-corrected chi connectivity index (χ1v) is 8.92. The van der Waals surface area contributed by atoms with Gasteiger partial charge < -0.3 is 20.0 Å². The summed E-state index contributed by atoms with van der Waals surface area (Å²) in [6.45, 7) is 4.26. The number of halogens is 1. The average Bonchev–Trinajstić information content (AvgIpc) is 3.28. The summed E-state index contributed by atoms with van der Waals surface area (Å²) in [5.41, 5.74) is 9.37. The van der Waals surface area contributed by atoms with Gasteiger partial charge >= 0.3 is 0 Å². The minimum atomic E-state index is 0.158. The summed E-state index contributed by atoms with van der Waals surface area (Å²) in [4.78, 5) is 9.75. The van der Waals surface area contributed by atoms with Crippen molar-refractivity contribution in [3.63, 3.8) is 0 Å². The van der Waals surface area contributed by atoms with E-state index in [2.05, 4.69) is 15.2 Å². The van der Waals surface area contributed by atoms with Gasteiger partial charge in [-0.05, 0) is 49.7 Å². The highest BCUT2D eigenvalue weighted by Gasteiger charge is 2.18. The molecule has 8 nitrogen and oxygen atoms in total. The molecule has 1 aliphatic heterocycles. The summed E-state index contributed by atoms with van der Waals surface area (Å²) < 4.78 is 12.4. The highest BCUT2D eigenvalue weighted by molar-refractivity contribution is 6.32. The Balaban J connectivity index is 1.43. The van der Waals surface area contributed by atoms with Crippen LogP contribution in [0.4, 0.5) is 0 Å². The lowest BCUT2D eigenvalue weighted by Crippen LogP contribution is -2.15. The van der Waals surface area contributed by atoms with Gasteiger partial charge in [-0.15, -0.1) is 0 Å². The third-order valence-electron chi connectivity index (χ3n) is 4.15. The zero-order chi connectivity index (χ0) is 19.7. The van der Waals surface area contributed by atoms with Crippen molar-refractivity contribution in [3.05, 3.63) is 64.1 Å². The SMILES string of the molecule is Cc1cc(C)n(-c2ccc(/C(N)=N\OCc3cc(Cl)c4c(c3)OCO4)cn2)n1. The molecule has 0 saturated carbocycles. The second kappa shape index (κ2) is 7.40. The Morgan fingerprint density at radius 1 is 1.29 bits per heavy atom. The maximum atomic E-state index is 6.15. The molecule has 0 aliphatic carbocycles. The number of fused-ring (bicyclic) bond motifs is 1. The average molecular weight is 400 g/mol. The number of aryl methyl sites for hydroxylation is 2. The van der Waals surface area contributed by atoms with Crippen molar-refractivity contribution in [2.45, 2.75) is 20.5 Å². The zero-order valence-electron chi connectivity index (χ0n) is 15.3. The lowest BCUT2D eigenvalue weighted by molar-refractivity contribution is 0.130. The number of amidine groups is 1. The van der Waals surface area contributed by atoms with E-state index in [9.17, 15) is 0 Å². The van der Waals surface area contributed by atoms with Gasteiger partial charge in [0.15, 0.2) is 23.2 Å². The largest absolute Gasteiger partial charge is 0.454 e. The molecule has 0 unspecified atom stereocenters. The Morgan fingerprint density at radius 2 is 2.14 bits per heavy atom. The van der Waals surface area contributed by atoms with E-state index in [4.69, 9.17) is 31.6 Å².